The summed E-state index contributed by atoms with van der Waals surface area (Å²) in [6.45, 7) is 3.89. The zero-order valence-corrected chi connectivity index (χ0v) is 10.7. The molecule has 6 heteroatoms. The lowest BCUT2D eigenvalue weighted by atomic mass is 10.2. The molecule has 0 saturated heterocycles. The number of hydrogen-bond acceptors (Lipinski definition) is 2. The van der Waals surface area contributed by atoms with E-state index in [1.165, 1.54) is 6.07 Å². The first kappa shape index (κ1) is 13.0. The smallest absolute Gasteiger partial charge is 0.164 e. The van der Waals surface area contributed by atoms with E-state index in [4.69, 9.17) is 11.6 Å². The topological polar surface area (TPSA) is 30.7 Å². The molecule has 0 aliphatic heterocycles. The van der Waals surface area contributed by atoms with E-state index in [9.17, 15) is 8.78 Å². The van der Waals surface area contributed by atoms with Crippen LogP contribution in [0.15, 0.2) is 18.2 Å². The van der Waals surface area contributed by atoms with Crippen molar-refractivity contribution in [1.29, 1.82) is 0 Å². The summed E-state index contributed by atoms with van der Waals surface area (Å²) in [6, 6.07) is 3.73. The molecule has 96 valence electrons. The molecule has 2 rings (SSSR count). The van der Waals surface area contributed by atoms with Crippen LogP contribution in [0, 0.1) is 11.6 Å². The minimum atomic E-state index is -0.904. The van der Waals surface area contributed by atoms with Gasteiger partial charge in [-0.2, -0.15) is 0 Å². The van der Waals surface area contributed by atoms with Crippen LogP contribution in [0.4, 0.5) is 8.78 Å². The largest absolute Gasteiger partial charge is 0.307 e. The highest BCUT2D eigenvalue weighted by atomic mass is 35.5. The molecule has 0 fully saturated rings. The van der Waals surface area contributed by atoms with Gasteiger partial charge in [0.05, 0.1) is 5.88 Å². The predicted molar refractivity (Wildman–Crippen MR) is 65.3 cm³/mol. The van der Waals surface area contributed by atoms with Gasteiger partial charge in [0.1, 0.15) is 5.82 Å². The third-order valence-corrected chi connectivity index (χ3v) is 2.82. The number of benzene rings is 1. The van der Waals surface area contributed by atoms with Crippen LogP contribution in [-0.2, 0) is 5.88 Å². The van der Waals surface area contributed by atoms with Gasteiger partial charge < -0.3 is 4.57 Å². The van der Waals surface area contributed by atoms with E-state index >= 15 is 0 Å². The van der Waals surface area contributed by atoms with E-state index in [0.29, 0.717) is 17.2 Å². The number of alkyl halides is 1. The Balaban J connectivity index is 2.56. The standard InChI is InChI=1S/C12H12ClF2N3/c1-7(2)18-11(6-13)16-17-12(18)8-3-4-9(14)10(15)5-8/h3-5,7H,6H2,1-2H3. The molecule has 0 spiro atoms. The van der Waals surface area contributed by atoms with Gasteiger partial charge in [0.2, 0.25) is 0 Å². The molecule has 0 atom stereocenters. The molecular weight excluding hydrogens is 260 g/mol. The van der Waals surface area contributed by atoms with Crippen LogP contribution in [0.2, 0.25) is 0 Å². The average molecular weight is 272 g/mol. The number of halogens is 3. The Bertz CT molecular complexity index is 566. The lowest BCUT2D eigenvalue weighted by Gasteiger charge is -2.13. The molecule has 0 aliphatic rings. The average Bonchev–Trinajstić information content (AvgIpc) is 2.76. The van der Waals surface area contributed by atoms with Gasteiger partial charge in [-0.15, -0.1) is 21.8 Å². The first-order valence-corrected chi connectivity index (χ1v) is 6.03. The summed E-state index contributed by atoms with van der Waals surface area (Å²) >= 11 is 5.78. The quantitative estimate of drug-likeness (QED) is 0.800. The van der Waals surface area contributed by atoms with E-state index < -0.39 is 11.6 Å². The number of nitrogens with zero attached hydrogens (tertiary/aromatic N) is 3. The lowest BCUT2D eigenvalue weighted by Crippen LogP contribution is -2.07. The van der Waals surface area contributed by atoms with Crippen LogP contribution in [-0.4, -0.2) is 14.8 Å². The maximum atomic E-state index is 13.2. The SMILES string of the molecule is CC(C)n1c(CCl)nnc1-c1ccc(F)c(F)c1. The van der Waals surface area contributed by atoms with E-state index in [1.807, 2.05) is 13.8 Å². The van der Waals surface area contributed by atoms with Crippen LogP contribution < -0.4 is 0 Å². The number of rotatable bonds is 3. The summed E-state index contributed by atoms with van der Waals surface area (Å²) in [5.74, 6) is -0.481. The van der Waals surface area contributed by atoms with Crippen LogP contribution >= 0.6 is 11.6 Å². The third-order valence-electron chi connectivity index (χ3n) is 2.58. The Morgan fingerprint density at radius 2 is 1.94 bits per heavy atom. The van der Waals surface area contributed by atoms with Crippen molar-refractivity contribution in [2.75, 3.05) is 0 Å². The lowest BCUT2D eigenvalue weighted by molar-refractivity contribution is 0.508. The first-order valence-electron chi connectivity index (χ1n) is 5.49. The first-order chi connectivity index (χ1) is 8.54. The molecule has 1 aromatic heterocycles. The molecule has 0 unspecified atom stereocenters. The minimum absolute atomic E-state index is 0.0804. The molecule has 1 heterocycles. The van der Waals surface area contributed by atoms with Gasteiger partial charge in [-0.1, -0.05) is 0 Å². The molecule has 0 bridgehead atoms. The molecule has 1 aromatic carbocycles. The Labute approximate surface area is 108 Å². The second kappa shape index (κ2) is 5.02. The fourth-order valence-electron chi connectivity index (χ4n) is 1.79. The number of aromatic nitrogens is 3. The van der Waals surface area contributed by atoms with Crippen molar-refractivity contribution in [2.24, 2.45) is 0 Å². The zero-order chi connectivity index (χ0) is 13.3. The van der Waals surface area contributed by atoms with Gasteiger partial charge in [-0.25, -0.2) is 8.78 Å². The predicted octanol–water partition coefficient (Wildman–Crippen LogP) is 3.54. The van der Waals surface area contributed by atoms with Crippen molar-refractivity contribution in [3.8, 4) is 11.4 Å². The summed E-state index contributed by atoms with van der Waals surface area (Å²) in [4.78, 5) is 0. The van der Waals surface area contributed by atoms with Crippen molar-refractivity contribution in [3.63, 3.8) is 0 Å². The highest BCUT2D eigenvalue weighted by molar-refractivity contribution is 6.16. The van der Waals surface area contributed by atoms with Gasteiger partial charge >= 0.3 is 0 Å². The summed E-state index contributed by atoms with van der Waals surface area (Å²) in [5, 5.41) is 7.94. The molecule has 2 aromatic rings. The fraction of sp³-hybridized carbons (Fsp3) is 0.333. The van der Waals surface area contributed by atoms with Crippen molar-refractivity contribution in [1.82, 2.24) is 14.8 Å². The Morgan fingerprint density at radius 1 is 1.22 bits per heavy atom. The molecule has 0 radical (unpaired) electrons. The van der Waals surface area contributed by atoms with Gasteiger partial charge in [-0.3, -0.25) is 0 Å². The second-order valence-corrected chi connectivity index (χ2v) is 4.43. The normalized spacial score (nSPS) is 11.2. The Kier molecular flexibility index (Phi) is 3.61. The van der Waals surface area contributed by atoms with Crippen LogP contribution in [0.3, 0.4) is 0 Å². The maximum Gasteiger partial charge on any atom is 0.164 e. The van der Waals surface area contributed by atoms with Crippen molar-refractivity contribution >= 4 is 11.6 Å². The van der Waals surface area contributed by atoms with E-state index in [0.717, 1.165) is 12.1 Å². The van der Waals surface area contributed by atoms with Crippen molar-refractivity contribution in [3.05, 3.63) is 35.7 Å². The van der Waals surface area contributed by atoms with Crippen LogP contribution in [0.5, 0.6) is 0 Å². The summed E-state index contributed by atoms with van der Waals surface area (Å²) in [7, 11) is 0. The van der Waals surface area contributed by atoms with E-state index in [-0.39, 0.29) is 11.9 Å². The maximum absolute atomic E-state index is 13.2. The molecule has 0 amide bonds. The molecule has 18 heavy (non-hydrogen) atoms. The third kappa shape index (κ3) is 2.22. The Morgan fingerprint density at radius 3 is 2.50 bits per heavy atom. The van der Waals surface area contributed by atoms with Gasteiger partial charge in [0.25, 0.3) is 0 Å². The molecule has 3 nitrogen and oxygen atoms in total. The van der Waals surface area contributed by atoms with Crippen LogP contribution in [0.25, 0.3) is 11.4 Å². The minimum Gasteiger partial charge on any atom is -0.307 e. The van der Waals surface area contributed by atoms with Gasteiger partial charge in [0.15, 0.2) is 17.5 Å². The van der Waals surface area contributed by atoms with E-state index in [1.54, 1.807) is 4.57 Å². The zero-order valence-electron chi connectivity index (χ0n) is 9.99. The summed E-state index contributed by atoms with van der Waals surface area (Å²) in [6.07, 6.45) is 0. The van der Waals surface area contributed by atoms with Crippen molar-refractivity contribution < 1.29 is 8.78 Å². The van der Waals surface area contributed by atoms with Crippen molar-refractivity contribution in [2.45, 2.75) is 25.8 Å². The van der Waals surface area contributed by atoms with Crippen LogP contribution in [0.1, 0.15) is 25.7 Å². The molecule has 0 saturated carbocycles. The molecule has 0 aliphatic carbocycles. The monoisotopic (exact) mass is 271 g/mol. The molecule has 0 N–H and O–H groups in total. The summed E-state index contributed by atoms with van der Waals surface area (Å²) < 4.78 is 27.9. The number of hydrogen-bond donors (Lipinski definition) is 0. The second-order valence-electron chi connectivity index (χ2n) is 4.17. The highest BCUT2D eigenvalue weighted by Gasteiger charge is 2.16. The van der Waals surface area contributed by atoms with Gasteiger partial charge in [0, 0.05) is 11.6 Å². The summed E-state index contributed by atoms with van der Waals surface area (Å²) in [5.41, 5.74) is 0.478. The van der Waals surface area contributed by atoms with E-state index in [2.05, 4.69) is 10.2 Å². The Hall–Kier alpha value is -1.49. The fourth-order valence-corrected chi connectivity index (χ4v) is 1.97. The van der Waals surface area contributed by atoms with Gasteiger partial charge in [-0.05, 0) is 32.0 Å². The highest BCUT2D eigenvalue weighted by Crippen LogP contribution is 2.24. The molecular formula is C12H12ClF2N3.